The fourth-order valence-electron chi connectivity index (χ4n) is 2.03. The van der Waals surface area contributed by atoms with Crippen molar-refractivity contribution in [3.8, 4) is 11.3 Å². The van der Waals surface area contributed by atoms with Crippen LogP contribution >= 0.6 is 11.6 Å². The van der Waals surface area contributed by atoms with E-state index in [1.165, 1.54) is 4.90 Å². The summed E-state index contributed by atoms with van der Waals surface area (Å²) in [5.74, 6) is 0.976. The predicted octanol–water partition coefficient (Wildman–Crippen LogP) is 2.94. The molecule has 0 bridgehead atoms. The van der Waals surface area contributed by atoms with Gasteiger partial charge in [-0.15, -0.1) is 0 Å². The van der Waals surface area contributed by atoms with Crippen molar-refractivity contribution in [1.29, 1.82) is 5.41 Å². The van der Waals surface area contributed by atoms with Gasteiger partial charge < -0.3 is 9.32 Å². The molecule has 1 saturated heterocycles. The summed E-state index contributed by atoms with van der Waals surface area (Å²) < 4.78 is 5.71. The summed E-state index contributed by atoms with van der Waals surface area (Å²) in [6, 6.07) is 10.9. The number of carbonyl (C=O) groups excluding carboxylic acids is 1. The minimum atomic E-state index is -0.313. The summed E-state index contributed by atoms with van der Waals surface area (Å²) in [7, 11) is 1.65. The van der Waals surface area contributed by atoms with E-state index < -0.39 is 0 Å². The number of benzene rings is 1. The first-order valence-electron chi connectivity index (χ1n) is 6.26. The Morgan fingerprint density at radius 3 is 2.57 bits per heavy atom. The van der Waals surface area contributed by atoms with E-state index in [9.17, 15) is 4.79 Å². The van der Waals surface area contributed by atoms with Crippen LogP contribution in [0, 0.1) is 5.41 Å². The number of furan rings is 1. The zero-order chi connectivity index (χ0) is 15.0. The van der Waals surface area contributed by atoms with E-state index in [0.717, 1.165) is 5.56 Å². The number of likely N-dealkylation sites (N-methyl/N-ethyl adjacent to an activating group) is 1. The number of rotatable bonds is 2. The van der Waals surface area contributed by atoms with Crippen LogP contribution in [0.1, 0.15) is 5.76 Å². The van der Waals surface area contributed by atoms with Gasteiger partial charge in [0.05, 0.1) is 0 Å². The lowest BCUT2D eigenvalue weighted by molar-refractivity contribution is -0.115. The van der Waals surface area contributed by atoms with Crippen LogP contribution in [-0.2, 0) is 4.79 Å². The molecule has 1 aromatic heterocycles. The largest absolute Gasteiger partial charge is 0.457 e. The molecule has 1 aromatic carbocycles. The second-order valence-corrected chi connectivity index (χ2v) is 5.04. The lowest BCUT2D eigenvalue weighted by Crippen LogP contribution is -2.25. The maximum Gasteiger partial charge on any atom is 0.274 e. The van der Waals surface area contributed by atoms with Crippen molar-refractivity contribution in [2.45, 2.75) is 0 Å². The Labute approximate surface area is 126 Å². The first kappa shape index (κ1) is 13.5. The van der Waals surface area contributed by atoms with E-state index in [-0.39, 0.29) is 11.9 Å². The molecule has 0 unspecified atom stereocenters. The number of carbonyl (C=O) groups is 1. The molecular formula is C15H12ClN3O2. The third-order valence-electron chi connectivity index (χ3n) is 3.20. The molecular weight excluding hydrogens is 290 g/mol. The van der Waals surface area contributed by atoms with Crippen LogP contribution in [0.2, 0.25) is 5.02 Å². The third kappa shape index (κ3) is 2.55. The second kappa shape index (κ2) is 5.10. The average molecular weight is 302 g/mol. The lowest BCUT2D eigenvalue weighted by Gasteiger charge is -2.07. The molecule has 106 valence electrons. The molecule has 21 heavy (non-hydrogen) atoms. The SMILES string of the molecule is CN1C(=N)NC(=O)/C1=C\c1ccc(-c2ccc(Cl)cc2)o1. The predicted molar refractivity (Wildman–Crippen MR) is 80.8 cm³/mol. The Balaban J connectivity index is 1.90. The van der Waals surface area contributed by atoms with Crippen LogP contribution in [0.25, 0.3) is 17.4 Å². The van der Waals surface area contributed by atoms with Crippen LogP contribution in [0.3, 0.4) is 0 Å². The number of nitrogens with zero attached hydrogens (tertiary/aromatic N) is 1. The Morgan fingerprint density at radius 2 is 1.95 bits per heavy atom. The van der Waals surface area contributed by atoms with Crippen molar-refractivity contribution in [3.63, 3.8) is 0 Å². The van der Waals surface area contributed by atoms with Gasteiger partial charge in [-0.2, -0.15) is 0 Å². The highest BCUT2D eigenvalue weighted by molar-refractivity contribution is 6.30. The van der Waals surface area contributed by atoms with Gasteiger partial charge >= 0.3 is 0 Å². The topological polar surface area (TPSA) is 69.3 Å². The summed E-state index contributed by atoms with van der Waals surface area (Å²) in [4.78, 5) is 13.2. The summed E-state index contributed by atoms with van der Waals surface area (Å²) in [6.45, 7) is 0. The zero-order valence-corrected chi connectivity index (χ0v) is 11.9. The molecule has 1 fully saturated rings. The quantitative estimate of drug-likeness (QED) is 0.838. The molecule has 1 amide bonds. The van der Waals surface area contributed by atoms with Crippen LogP contribution in [0.4, 0.5) is 0 Å². The van der Waals surface area contributed by atoms with E-state index in [4.69, 9.17) is 21.4 Å². The minimum Gasteiger partial charge on any atom is -0.457 e. The van der Waals surface area contributed by atoms with Gasteiger partial charge in [0, 0.05) is 23.7 Å². The van der Waals surface area contributed by atoms with Gasteiger partial charge in [0.1, 0.15) is 17.2 Å². The highest BCUT2D eigenvalue weighted by atomic mass is 35.5. The van der Waals surface area contributed by atoms with Crippen molar-refractivity contribution in [1.82, 2.24) is 10.2 Å². The molecule has 0 spiro atoms. The number of nitrogens with one attached hydrogen (secondary N) is 2. The van der Waals surface area contributed by atoms with E-state index >= 15 is 0 Å². The van der Waals surface area contributed by atoms with Gasteiger partial charge in [-0.25, -0.2) is 0 Å². The number of amides is 1. The van der Waals surface area contributed by atoms with Gasteiger partial charge in [-0.05, 0) is 36.4 Å². The molecule has 0 radical (unpaired) electrons. The number of hydrogen-bond acceptors (Lipinski definition) is 3. The fraction of sp³-hybridized carbons (Fsp3) is 0.0667. The summed E-state index contributed by atoms with van der Waals surface area (Å²) in [6.07, 6.45) is 1.61. The molecule has 6 heteroatoms. The Kier molecular flexibility index (Phi) is 3.27. The normalized spacial score (nSPS) is 16.7. The molecule has 2 N–H and O–H groups in total. The van der Waals surface area contributed by atoms with Crippen LogP contribution < -0.4 is 5.32 Å². The zero-order valence-electron chi connectivity index (χ0n) is 11.2. The highest BCUT2D eigenvalue weighted by Crippen LogP contribution is 2.25. The highest BCUT2D eigenvalue weighted by Gasteiger charge is 2.27. The summed E-state index contributed by atoms with van der Waals surface area (Å²) >= 11 is 5.85. The molecule has 0 saturated carbocycles. The van der Waals surface area contributed by atoms with Gasteiger partial charge in [-0.1, -0.05) is 11.6 Å². The molecule has 0 atom stereocenters. The van der Waals surface area contributed by atoms with Crippen LogP contribution in [0.5, 0.6) is 0 Å². The maximum absolute atomic E-state index is 11.7. The van der Waals surface area contributed by atoms with E-state index in [1.54, 1.807) is 31.3 Å². The van der Waals surface area contributed by atoms with E-state index in [2.05, 4.69) is 5.32 Å². The van der Waals surface area contributed by atoms with Gasteiger partial charge in [0.15, 0.2) is 0 Å². The Bertz CT molecular complexity index is 747. The average Bonchev–Trinajstić information content (AvgIpc) is 3.01. The first-order valence-corrected chi connectivity index (χ1v) is 6.63. The van der Waals surface area contributed by atoms with Crippen LogP contribution in [0.15, 0.2) is 46.5 Å². The minimum absolute atomic E-state index is 0.0516. The van der Waals surface area contributed by atoms with Crippen molar-refractivity contribution < 1.29 is 9.21 Å². The maximum atomic E-state index is 11.7. The molecule has 1 aliphatic heterocycles. The van der Waals surface area contributed by atoms with Gasteiger partial charge in [0.2, 0.25) is 5.96 Å². The Morgan fingerprint density at radius 1 is 1.24 bits per heavy atom. The number of hydrogen-bond donors (Lipinski definition) is 2. The van der Waals surface area contributed by atoms with Gasteiger partial charge in [0.25, 0.3) is 5.91 Å². The monoisotopic (exact) mass is 301 g/mol. The number of halogens is 1. The van der Waals surface area contributed by atoms with E-state index in [0.29, 0.717) is 22.2 Å². The lowest BCUT2D eigenvalue weighted by atomic mass is 10.2. The van der Waals surface area contributed by atoms with Crippen molar-refractivity contribution in [2.75, 3.05) is 7.05 Å². The first-order chi connectivity index (χ1) is 10.0. The molecule has 2 aromatic rings. The van der Waals surface area contributed by atoms with Crippen molar-refractivity contribution in [3.05, 3.63) is 52.9 Å². The van der Waals surface area contributed by atoms with Gasteiger partial charge in [-0.3, -0.25) is 15.5 Å². The summed E-state index contributed by atoms with van der Waals surface area (Å²) in [5, 5.41) is 10.6. The summed E-state index contributed by atoms with van der Waals surface area (Å²) in [5.41, 5.74) is 1.28. The molecule has 0 aliphatic carbocycles. The molecule has 3 rings (SSSR count). The van der Waals surface area contributed by atoms with Crippen molar-refractivity contribution in [2.24, 2.45) is 0 Å². The van der Waals surface area contributed by atoms with Crippen LogP contribution in [-0.4, -0.2) is 23.8 Å². The molecule has 1 aliphatic rings. The third-order valence-corrected chi connectivity index (χ3v) is 3.45. The Hall–Kier alpha value is -2.53. The van der Waals surface area contributed by atoms with E-state index in [1.807, 2.05) is 18.2 Å². The van der Waals surface area contributed by atoms with Crippen molar-refractivity contribution >= 4 is 29.5 Å². The second-order valence-electron chi connectivity index (χ2n) is 4.60. The molecule has 2 heterocycles. The smallest absolute Gasteiger partial charge is 0.274 e. The molecule has 5 nitrogen and oxygen atoms in total. The fourth-order valence-corrected chi connectivity index (χ4v) is 2.15. The number of guanidine groups is 1. The standard InChI is InChI=1S/C15H12ClN3O2/c1-19-12(14(20)18-15(19)17)8-11-6-7-13(21-11)9-2-4-10(16)5-3-9/h2-8H,1H3,(H2,17,18,20)/b12-8+.